The molecular formula is C24H28F3N5O2. The third-order valence-corrected chi connectivity index (χ3v) is 5.87. The van der Waals surface area contributed by atoms with Crippen molar-refractivity contribution in [3.8, 4) is 5.75 Å². The van der Waals surface area contributed by atoms with E-state index in [-0.39, 0.29) is 5.69 Å². The molecule has 3 N–H and O–H groups in total. The molecule has 34 heavy (non-hydrogen) atoms. The molecule has 0 amide bonds. The van der Waals surface area contributed by atoms with Crippen molar-refractivity contribution in [1.29, 1.82) is 0 Å². The minimum Gasteiger partial charge on any atom is -0.496 e. The second-order valence-electron chi connectivity index (χ2n) is 8.44. The average molecular weight is 476 g/mol. The van der Waals surface area contributed by atoms with Gasteiger partial charge in [-0.3, -0.25) is 4.90 Å². The number of anilines is 2. The Hall–Kier alpha value is -3.11. The molecule has 0 aliphatic carbocycles. The number of aryl methyl sites for hydroxylation is 1. The summed E-state index contributed by atoms with van der Waals surface area (Å²) in [5.41, 5.74) is 7.16. The molecule has 7 nitrogen and oxygen atoms in total. The molecule has 2 aromatic carbocycles. The number of nitrogens with zero attached hydrogens (tertiary/aromatic N) is 3. The number of nitrogens with one attached hydrogen (secondary N) is 1. The maximum atomic E-state index is 13.3. The Bertz CT molecular complexity index is 1180. The van der Waals surface area contributed by atoms with Gasteiger partial charge in [-0.2, -0.15) is 13.2 Å². The number of halogens is 3. The molecule has 1 saturated heterocycles. The summed E-state index contributed by atoms with van der Waals surface area (Å²) in [6, 6.07) is 6.94. The van der Waals surface area contributed by atoms with Crippen LogP contribution in [0.1, 0.15) is 35.5 Å². The number of alkyl halides is 3. The fraction of sp³-hybridized carbons (Fsp3) is 0.417. The zero-order valence-electron chi connectivity index (χ0n) is 19.4. The van der Waals surface area contributed by atoms with E-state index in [0.717, 1.165) is 41.7 Å². The first kappa shape index (κ1) is 24.0. The van der Waals surface area contributed by atoms with E-state index in [1.54, 1.807) is 21.0 Å². The minimum atomic E-state index is -4.48. The van der Waals surface area contributed by atoms with Gasteiger partial charge in [0.2, 0.25) is 0 Å². The molecule has 182 valence electrons. The molecule has 3 aromatic rings. The van der Waals surface area contributed by atoms with Gasteiger partial charge in [-0.15, -0.1) is 0 Å². The number of rotatable bonds is 6. The molecule has 0 spiro atoms. The van der Waals surface area contributed by atoms with E-state index in [4.69, 9.17) is 15.2 Å². The number of fused-ring (bicyclic) bond motifs is 1. The van der Waals surface area contributed by atoms with Crippen LogP contribution in [0, 0.1) is 6.92 Å². The summed E-state index contributed by atoms with van der Waals surface area (Å²) in [6.07, 6.45) is -4.48. The van der Waals surface area contributed by atoms with Crippen molar-refractivity contribution in [2.75, 3.05) is 44.5 Å². The van der Waals surface area contributed by atoms with Crippen molar-refractivity contribution in [2.24, 2.45) is 0 Å². The molecule has 1 aliphatic rings. The highest BCUT2D eigenvalue weighted by Gasteiger charge is 2.31. The van der Waals surface area contributed by atoms with E-state index in [1.165, 1.54) is 6.07 Å². The first-order valence-electron chi connectivity index (χ1n) is 11.0. The predicted octanol–water partition coefficient (Wildman–Crippen LogP) is 4.55. The highest BCUT2D eigenvalue weighted by Crippen LogP contribution is 2.35. The lowest BCUT2D eigenvalue weighted by Gasteiger charge is -2.27. The van der Waals surface area contributed by atoms with Crippen LogP contribution in [-0.4, -0.2) is 48.3 Å². The first-order chi connectivity index (χ1) is 16.1. The van der Waals surface area contributed by atoms with Crippen LogP contribution >= 0.6 is 0 Å². The molecule has 4 rings (SSSR count). The summed E-state index contributed by atoms with van der Waals surface area (Å²) in [5.74, 6) is 1.76. The summed E-state index contributed by atoms with van der Waals surface area (Å²) in [7, 11) is 1.61. The number of methoxy groups -OCH3 is 1. The molecular weight excluding hydrogens is 447 g/mol. The van der Waals surface area contributed by atoms with Crippen LogP contribution in [-0.2, 0) is 17.5 Å². The third kappa shape index (κ3) is 5.34. The Balaban J connectivity index is 1.68. The highest BCUT2D eigenvalue weighted by molar-refractivity contribution is 5.91. The summed E-state index contributed by atoms with van der Waals surface area (Å²) in [5, 5.41) is 3.97. The van der Waals surface area contributed by atoms with Gasteiger partial charge in [0.25, 0.3) is 0 Å². The van der Waals surface area contributed by atoms with Gasteiger partial charge < -0.3 is 20.5 Å². The molecule has 1 fully saturated rings. The summed E-state index contributed by atoms with van der Waals surface area (Å²) < 4.78 is 50.9. The molecule has 1 unspecified atom stereocenters. The number of ether oxygens (including phenoxy) is 2. The Morgan fingerprint density at radius 3 is 2.56 bits per heavy atom. The van der Waals surface area contributed by atoms with Crippen LogP contribution in [0.15, 0.2) is 30.3 Å². The second-order valence-corrected chi connectivity index (χ2v) is 8.44. The quantitative estimate of drug-likeness (QED) is 0.506. The zero-order valence-corrected chi connectivity index (χ0v) is 19.4. The topological polar surface area (TPSA) is 85.5 Å². The van der Waals surface area contributed by atoms with Crippen molar-refractivity contribution in [3.05, 3.63) is 52.8 Å². The largest absolute Gasteiger partial charge is 0.496 e. The van der Waals surface area contributed by atoms with Crippen LogP contribution in [0.2, 0.25) is 0 Å². The highest BCUT2D eigenvalue weighted by atomic mass is 19.4. The molecule has 2 heterocycles. The number of aromatic nitrogens is 2. The van der Waals surface area contributed by atoms with Gasteiger partial charge in [0, 0.05) is 36.3 Å². The molecule has 0 saturated carbocycles. The molecule has 0 radical (unpaired) electrons. The van der Waals surface area contributed by atoms with Crippen LogP contribution in [0.3, 0.4) is 0 Å². The van der Waals surface area contributed by atoms with Crippen molar-refractivity contribution >= 4 is 22.4 Å². The standard InChI is InChI=1S/C24H28F3N5O2/c1-14(16-8-18(24(25,26)27)11-19(28)9-16)29-23-20-12-22(33-3)17(10-21(20)30-15(2)31-23)13-32-4-6-34-7-5-32/h8-12,14H,4-7,13,28H2,1-3H3,(H,29,30,31). The Kier molecular flexibility index (Phi) is 6.81. The Labute approximate surface area is 196 Å². The number of morpholine rings is 1. The van der Waals surface area contributed by atoms with Crippen molar-refractivity contribution in [3.63, 3.8) is 0 Å². The van der Waals surface area contributed by atoms with E-state index in [1.807, 2.05) is 12.1 Å². The second kappa shape index (κ2) is 9.63. The van der Waals surface area contributed by atoms with Crippen LogP contribution in [0.4, 0.5) is 24.7 Å². The van der Waals surface area contributed by atoms with E-state index < -0.39 is 17.8 Å². The average Bonchev–Trinajstić information content (AvgIpc) is 2.78. The van der Waals surface area contributed by atoms with Gasteiger partial charge in [0.05, 0.1) is 37.4 Å². The van der Waals surface area contributed by atoms with Crippen LogP contribution < -0.4 is 15.8 Å². The van der Waals surface area contributed by atoms with Gasteiger partial charge in [-0.1, -0.05) is 0 Å². The molecule has 1 aliphatic heterocycles. The fourth-order valence-electron chi connectivity index (χ4n) is 4.12. The number of hydrogen-bond acceptors (Lipinski definition) is 7. The number of nitrogen functional groups attached to an aromatic ring is 1. The van der Waals surface area contributed by atoms with E-state index in [9.17, 15) is 13.2 Å². The molecule has 1 atom stereocenters. The number of hydrogen-bond donors (Lipinski definition) is 2. The van der Waals surface area contributed by atoms with Gasteiger partial charge in [0.15, 0.2) is 0 Å². The van der Waals surface area contributed by atoms with Crippen molar-refractivity contribution in [2.45, 2.75) is 32.6 Å². The molecule has 10 heteroatoms. The van der Waals surface area contributed by atoms with E-state index in [0.29, 0.717) is 42.7 Å². The Morgan fingerprint density at radius 2 is 1.88 bits per heavy atom. The monoisotopic (exact) mass is 475 g/mol. The van der Waals surface area contributed by atoms with Crippen LogP contribution in [0.25, 0.3) is 10.9 Å². The smallest absolute Gasteiger partial charge is 0.416 e. The van der Waals surface area contributed by atoms with Gasteiger partial charge >= 0.3 is 6.18 Å². The fourth-order valence-corrected chi connectivity index (χ4v) is 4.12. The maximum Gasteiger partial charge on any atom is 0.416 e. The summed E-state index contributed by atoms with van der Waals surface area (Å²) >= 11 is 0. The number of nitrogens with two attached hydrogens (primary N) is 1. The van der Waals surface area contributed by atoms with Gasteiger partial charge in [0.1, 0.15) is 17.4 Å². The Morgan fingerprint density at radius 1 is 1.15 bits per heavy atom. The lowest BCUT2D eigenvalue weighted by molar-refractivity contribution is -0.137. The minimum absolute atomic E-state index is 0.0524. The van der Waals surface area contributed by atoms with E-state index in [2.05, 4.69) is 20.2 Å². The number of benzene rings is 2. The maximum absolute atomic E-state index is 13.3. The SMILES string of the molecule is COc1cc2c(NC(C)c3cc(N)cc(C(F)(F)F)c3)nc(C)nc2cc1CN1CCOCC1. The van der Waals surface area contributed by atoms with Gasteiger partial charge in [-0.05, 0) is 49.7 Å². The molecule has 1 aromatic heterocycles. The molecule has 0 bridgehead atoms. The lowest BCUT2D eigenvalue weighted by Crippen LogP contribution is -2.35. The predicted molar refractivity (Wildman–Crippen MR) is 125 cm³/mol. The zero-order chi connectivity index (χ0) is 24.5. The first-order valence-corrected chi connectivity index (χ1v) is 11.0. The van der Waals surface area contributed by atoms with Crippen molar-refractivity contribution < 1.29 is 22.6 Å². The van der Waals surface area contributed by atoms with E-state index >= 15 is 0 Å². The van der Waals surface area contributed by atoms with Crippen molar-refractivity contribution in [1.82, 2.24) is 14.9 Å². The summed E-state index contributed by atoms with van der Waals surface area (Å²) in [6.45, 7) is 7.33. The van der Waals surface area contributed by atoms with Gasteiger partial charge in [-0.25, -0.2) is 9.97 Å². The summed E-state index contributed by atoms with van der Waals surface area (Å²) in [4.78, 5) is 11.4. The lowest BCUT2D eigenvalue weighted by atomic mass is 10.0. The normalized spacial score (nSPS) is 15.9. The van der Waals surface area contributed by atoms with Crippen LogP contribution in [0.5, 0.6) is 5.75 Å². The third-order valence-electron chi connectivity index (χ3n) is 5.87.